The Hall–Kier alpha value is -1.49. The zero-order valence-electron chi connectivity index (χ0n) is 11.4. The highest BCUT2D eigenvalue weighted by molar-refractivity contribution is 9.10. The minimum atomic E-state index is 0.314. The van der Waals surface area contributed by atoms with Crippen LogP contribution >= 0.6 is 15.9 Å². The summed E-state index contributed by atoms with van der Waals surface area (Å²) < 4.78 is 1.05. The molecule has 3 rings (SSSR count). The van der Waals surface area contributed by atoms with Crippen molar-refractivity contribution < 1.29 is 0 Å². The number of nitrogen functional groups attached to an aromatic ring is 1. The van der Waals surface area contributed by atoms with Crippen LogP contribution in [0.15, 0.2) is 22.7 Å². The molecule has 0 saturated heterocycles. The highest BCUT2D eigenvalue weighted by Gasteiger charge is 2.21. The quantitative estimate of drug-likeness (QED) is 0.907. The number of hydrogen-bond acceptors (Lipinski definition) is 4. The predicted octanol–water partition coefficient (Wildman–Crippen LogP) is 3.85. The number of nitrogens with two attached hydrogens (primary N) is 1. The number of rotatable bonds is 2. The number of benzene rings is 1. The van der Waals surface area contributed by atoms with Crippen molar-refractivity contribution in [3.8, 4) is 11.4 Å². The molecule has 0 unspecified atom stereocenters. The highest BCUT2D eigenvalue weighted by Crippen LogP contribution is 2.33. The summed E-state index contributed by atoms with van der Waals surface area (Å²) in [4.78, 5) is 13.2. The van der Waals surface area contributed by atoms with Crippen LogP contribution in [0.3, 0.4) is 0 Å². The molecule has 2 N–H and O–H groups in total. The molecule has 1 aromatic carbocycles. The molecule has 104 valence electrons. The van der Waals surface area contributed by atoms with Crippen molar-refractivity contribution >= 4 is 21.9 Å². The summed E-state index contributed by atoms with van der Waals surface area (Å²) in [6.45, 7) is 2.06. The average Bonchev–Trinajstić information content (AvgIpc) is 2.95. The molecule has 0 spiro atoms. The maximum atomic E-state index is 5.86. The Morgan fingerprint density at radius 1 is 1.15 bits per heavy atom. The van der Waals surface area contributed by atoms with Gasteiger partial charge in [0.15, 0.2) is 5.82 Å². The van der Waals surface area contributed by atoms with Gasteiger partial charge in [-0.3, -0.25) is 0 Å². The number of hydrogen-bond donors (Lipinski definition) is 1. The molecule has 0 aliphatic heterocycles. The van der Waals surface area contributed by atoms with Gasteiger partial charge in [-0.25, -0.2) is 4.98 Å². The van der Waals surface area contributed by atoms with Crippen molar-refractivity contribution in [3.05, 3.63) is 34.1 Å². The van der Waals surface area contributed by atoms with Gasteiger partial charge in [-0.05, 0) is 31.4 Å². The summed E-state index contributed by atoms with van der Waals surface area (Å²) >= 11 is 3.54. The predicted molar refractivity (Wildman–Crippen MR) is 83.3 cm³/mol. The molecule has 1 heterocycles. The van der Waals surface area contributed by atoms with E-state index in [1.54, 1.807) is 0 Å². The first kappa shape index (κ1) is 13.5. The van der Waals surface area contributed by atoms with Crippen LogP contribution in [0, 0.1) is 6.92 Å². The third-order valence-corrected chi connectivity index (χ3v) is 4.67. The first-order chi connectivity index (χ1) is 9.63. The average molecular weight is 333 g/mol. The van der Waals surface area contributed by atoms with E-state index in [2.05, 4.69) is 43.9 Å². The number of halogens is 1. The van der Waals surface area contributed by atoms with Crippen molar-refractivity contribution in [2.45, 2.75) is 38.5 Å². The number of anilines is 1. The Kier molecular flexibility index (Phi) is 3.70. The molecule has 0 radical (unpaired) electrons. The van der Waals surface area contributed by atoms with Gasteiger partial charge in [0.2, 0.25) is 5.95 Å². The van der Waals surface area contributed by atoms with Crippen molar-refractivity contribution in [1.29, 1.82) is 0 Å². The van der Waals surface area contributed by atoms with Crippen LogP contribution < -0.4 is 5.73 Å². The van der Waals surface area contributed by atoms with Crippen LogP contribution in [0.5, 0.6) is 0 Å². The summed E-state index contributed by atoms with van der Waals surface area (Å²) in [5, 5.41) is 0. The van der Waals surface area contributed by atoms with E-state index in [4.69, 9.17) is 5.73 Å². The molecule has 0 bridgehead atoms. The van der Waals surface area contributed by atoms with Gasteiger partial charge in [-0.15, -0.1) is 0 Å². The van der Waals surface area contributed by atoms with E-state index in [1.807, 2.05) is 12.1 Å². The SMILES string of the molecule is Cc1ccc(-c2nc(N)nc(C3CCCC3)n2)cc1Br. The lowest BCUT2D eigenvalue weighted by Gasteiger charge is -2.10. The Labute approximate surface area is 127 Å². The van der Waals surface area contributed by atoms with E-state index in [0.717, 1.165) is 28.7 Å². The zero-order chi connectivity index (χ0) is 14.1. The summed E-state index contributed by atoms with van der Waals surface area (Å²) in [7, 11) is 0. The van der Waals surface area contributed by atoms with Crippen LogP contribution in [0.2, 0.25) is 0 Å². The van der Waals surface area contributed by atoms with Gasteiger partial charge >= 0.3 is 0 Å². The molecule has 5 heteroatoms. The number of aryl methyl sites for hydroxylation is 1. The molecule has 0 amide bonds. The zero-order valence-corrected chi connectivity index (χ0v) is 13.0. The van der Waals surface area contributed by atoms with Crippen LogP contribution in [0.25, 0.3) is 11.4 Å². The monoisotopic (exact) mass is 332 g/mol. The van der Waals surface area contributed by atoms with Crippen molar-refractivity contribution in [2.75, 3.05) is 5.73 Å². The van der Waals surface area contributed by atoms with Crippen molar-refractivity contribution in [2.24, 2.45) is 0 Å². The van der Waals surface area contributed by atoms with Crippen molar-refractivity contribution in [1.82, 2.24) is 15.0 Å². The third-order valence-electron chi connectivity index (χ3n) is 3.82. The highest BCUT2D eigenvalue weighted by atomic mass is 79.9. The Morgan fingerprint density at radius 3 is 2.60 bits per heavy atom. The van der Waals surface area contributed by atoms with E-state index in [0.29, 0.717) is 17.7 Å². The topological polar surface area (TPSA) is 64.7 Å². The Morgan fingerprint density at radius 2 is 1.90 bits per heavy atom. The minimum absolute atomic E-state index is 0.314. The Balaban J connectivity index is 2.02. The lowest BCUT2D eigenvalue weighted by molar-refractivity contribution is 0.665. The second-order valence-electron chi connectivity index (χ2n) is 5.32. The van der Waals surface area contributed by atoms with Gasteiger partial charge in [-0.1, -0.05) is 40.9 Å². The van der Waals surface area contributed by atoms with Crippen LogP contribution in [-0.2, 0) is 0 Å². The van der Waals surface area contributed by atoms with Crippen LogP contribution in [0.4, 0.5) is 5.95 Å². The summed E-state index contributed by atoms with van der Waals surface area (Å²) in [5.74, 6) is 2.27. The fourth-order valence-corrected chi connectivity index (χ4v) is 3.02. The second-order valence-corrected chi connectivity index (χ2v) is 6.18. The van der Waals surface area contributed by atoms with Gasteiger partial charge in [0.25, 0.3) is 0 Å². The molecule has 2 aromatic rings. The van der Waals surface area contributed by atoms with E-state index >= 15 is 0 Å². The molecular formula is C15H17BrN4. The largest absolute Gasteiger partial charge is 0.368 e. The molecule has 1 aliphatic rings. The van der Waals surface area contributed by atoms with Crippen molar-refractivity contribution in [3.63, 3.8) is 0 Å². The molecule has 4 nitrogen and oxygen atoms in total. The van der Waals surface area contributed by atoms with E-state index in [1.165, 1.54) is 18.4 Å². The van der Waals surface area contributed by atoms with Gasteiger partial charge in [0.05, 0.1) is 0 Å². The smallest absolute Gasteiger partial charge is 0.223 e. The number of nitrogens with zero attached hydrogens (tertiary/aromatic N) is 3. The maximum Gasteiger partial charge on any atom is 0.223 e. The maximum absolute atomic E-state index is 5.86. The lowest BCUT2D eigenvalue weighted by atomic mass is 10.1. The van der Waals surface area contributed by atoms with Gasteiger partial charge in [-0.2, -0.15) is 9.97 Å². The molecule has 1 saturated carbocycles. The molecule has 1 fully saturated rings. The summed E-state index contributed by atoms with van der Waals surface area (Å²) in [6.07, 6.45) is 4.81. The van der Waals surface area contributed by atoms with Gasteiger partial charge in [0.1, 0.15) is 5.82 Å². The first-order valence-corrected chi connectivity index (χ1v) is 7.71. The summed E-state index contributed by atoms with van der Waals surface area (Å²) in [5.41, 5.74) is 8.01. The summed E-state index contributed by atoms with van der Waals surface area (Å²) in [6, 6.07) is 6.10. The van der Waals surface area contributed by atoms with Gasteiger partial charge < -0.3 is 5.73 Å². The third kappa shape index (κ3) is 2.68. The molecule has 1 aliphatic carbocycles. The normalized spacial score (nSPS) is 15.7. The van der Waals surface area contributed by atoms with E-state index in [-0.39, 0.29) is 0 Å². The number of aromatic nitrogens is 3. The van der Waals surface area contributed by atoms with E-state index < -0.39 is 0 Å². The molecule has 0 atom stereocenters. The minimum Gasteiger partial charge on any atom is -0.368 e. The second kappa shape index (κ2) is 5.48. The van der Waals surface area contributed by atoms with Gasteiger partial charge in [0, 0.05) is 16.0 Å². The molecule has 1 aromatic heterocycles. The first-order valence-electron chi connectivity index (χ1n) is 6.91. The standard InChI is InChI=1S/C15H17BrN4/c1-9-6-7-11(8-12(9)16)14-18-13(19-15(17)20-14)10-4-2-3-5-10/h6-8,10H,2-5H2,1H3,(H2,17,18,19,20). The Bertz CT molecular complexity index is 636. The molecule has 20 heavy (non-hydrogen) atoms. The molecular weight excluding hydrogens is 316 g/mol. The lowest BCUT2D eigenvalue weighted by Crippen LogP contribution is -2.07. The van der Waals surface area contributed by atoms with Crippen LogP contribution in [-0.4, -0.2) is 15.0 Å². The fourth-order valence-electron chi connectivity index (χ4n) is 2.64. The van der Waals surface area contributed by atoms with Crippen LogP contribution in [0.1, 0.15) is 43.0 Å². The van der Waals surface area contributed by atoms with E-state index in [9.17, 15) is 0 Å². The fraction of sp³-hybridized carbons (Fsp3) is 0.400.